The quantitative estimate of drug-likeness (QED) is 0.871. The second-order valence-corrected chi connectivity index (χ2v) is 4.80. The molecule has 1 nitrogen and oxygen atoms in total. The molecule has 0 heterocycles. The summed E-state index contributed by atoms with van der Waals surface area (Å²) in [5.41, 5.74) is 1.89. The minimum atomic E-state index is -4.10. The molecule has 1 atom stereocenters. The van der Waals surface area contributed by atoms with Crippen molar-refractivity contribution in [1.82, 2.24) is 5.32 Å². The van der Waals surface area contributed by atoms with Crippen molar-refractivity contribution in [2.24, 2.45) is 0 Å². The largest absolute Gasteiger partial charge is 0.389 e. The minimum absolute atomic E-state index is 0.0529. The van der Waals surface area contributed by atoms with Gasteiger partial charge in [0.25, 0.3) is 0 Å². The summed E-state index contributed by atoms with van der Waals surface area (Å²) in [4.78, 5) is 0. The molecule has 0 fully saturated rings. The van der Waals surface area contributed by atoms with Crippen LogP contribution in [-0.4, -0.2) is 13.2 Å². The first kappa shape index (κ1) is 14.5. The van der Waals surface area contributed by atoms with Crippen molar-refractivity contribution < 1.29 is 13.2 Å². The minimum Gasteiger partial charge on any atom is -0.313 e. The molecular weight excluding hydrogens is 295 g/mol. The maximum Gasteiger partial charge on any atom is 0.389 e. The zero-order valence-corrected chi connectivity index (χ0v) is 11.3. The third-order valence-corrected chi connectivity index (χ3v) is 3.61. The summed E-state index contributed by atoms with van der Waals surface area (Å²) in [5.74, 6) is 0. The Bertz CT molecular complexity index is 377. The Morgan fingerprint density at radius 2 is 2.00 bits per heavy atom. The van der Waals surface area contributed by atoms with Gasteiger partial charge in [-0.15, -0.1) is 0 Å². The van der Waals surface area contributed by atoms with E-state index in [1.807, 2.05) is 25.1 Å². The summed E-state index contributed by atoms with van der Waals surface area (Å²) in [7, 11) is 1.68. The van der Waals surface area contributed by atoms with Gasteiger partial charge in [-0.2, -0.15) is 13.2 Å². The highest BCUT2D eigenvalue weighted by Crippen LogP contribution is 2.30. The van der Waals surface area contributed by atoms with Crippen LogP contribution in [-0.2, 0) is 0 Å². The van der Waals surface area contributed by atoms with E-state index >= 15 is 0 Å². The van der Waals surface area contributed by atoms with E-state index in [4.69, 9.17) is 0 Å². The Labute approximate surface area is 108 Å². The second-order valence-electron chi connectivity index (χ2n) is 3.95. The van der Waals surface area contributed by atoms with Crippen LogP contribution in [0.15, 0.2) is 22.7 Å². The number of hydrogen-bond donors (Lipinski definition) is 1. The maximum absolute atomic E-state index is 12.2. The lowest BCUT2D eigenvalue weighted by atomic mass is 9.97. The lowest BCUT2D eigenvalue weighted by Crippen LogP contribution is -2.20. The van der Waals surface area contributed by atoms with Crippen molar-refractivity contribution in [3.05, 3.63) is 33.8 Å². The summed E-state index contributed by atoms with van der Waals surface area (Å²) in [6, 6.07) is 5.31. The Hall–Kier alpha value is -0.550. The molecule has 0 saturated carbocycles. The average molecular weight is 310 g/mol. The number of rotatable bonds is 4. The molecule has 0 aliphatic heterocycles. The van der Waals surface area contributed by atoms with E-state index in [2.05, 4.69) is 21.2 Å². The van der Waals surface area contributed by atoms with E-state index < -0.39 is 12.6 Å². The third kappa shape index (κ3) is 4.32. The molecule has 0 amide bonds. The van der Waals surface area contributed by atoms with Gasteiger partial charge in [0, 0.05) is 16.9 Å². The highest BCUT2D eigenvalue weighted by molar-refractivity contribution is 9.10. The topological polar surface area (TPSA) is 12.0 Å². The van der Waals surface area contributed by atoms with Gasteiger partial charge in [0.15, 0.2) is 0 Å². The summed E-state index contributed by atoms with van der Waals surface area (Å²) in [6.45, 7) is 1.90. The molecule has 1 unspecified atom stereocenters. The molecule has 1 rings (SSSR count). The molecule has 0 aromatic heterocycles. The van der Waals surface area contributed by atoms with Gasteiger partial charge in [-0.3, -0.25) is 0 Å². The SMILES string of the molecule is CNC(CCC(F)(F)F)c1cccc(Br)c1C. The molecule has 1 N–H and O–H groups in total. The predicted molar refractivity (Wildman–Crippen MR) is 66.0 cm³/mol. The van der Waals surface area contributed by atoms with Gasteiger partial charge < -0.3 is 5.32 Å². The average Bonchev–Trinajstić information content (AvgIpc) is 2.23. The number of nitrogens with one attached hydrogen (secondary N) is 1. The molecular formula is C12H15BrF3N. The van der Waals surface area contributed by atoms with Crippen molar-refractivity contribution in [2.45, 2.75) is 32.0 Å². The standard InChI is InChI=1S/C12H15BrF3N/c1-8-9(4-3-5-10(8)13)11(17-2)6-7-12(14,15)16/h3-5,11,17H,6-7H2,1-2H3. The molecule has 96 valence electrons. The van der Waals surface area contributed by atoms with Crippen molar-refractivity contribution in [1.29, 1.82) is 0 Å². The molecule has 17 heavy (non-hydrogen) atoms. The number of benzene rings is 1. The summed E-state index contributed by atoms with van der Waals surface area (Å²) < 4.78 is 37.6. The van der Waals surface area contributed by atoms with E-state index in [-0.39, 0.29) is 12.5 Å². The molecule has 5 heteroatoms. The van der Waals surface area contributed by atoms with E-state index in [0.717, 1.165) is 15.6 Å². The van der Waals surface area contributed by atoms with Crippen LogP contribution in [0.5, 0.6) is 0 Å². The smallest absolute Gasteiger partial charge is 0.313 e. The number of halogens is 4. The normalized spacial score (nSPS) is 13.8. The summed E-state index contributed by atoms with van der Waals surface area (Å²) in [6.07, 6.45) is -4.82. The molecule has 0 saturated heterocycles. The Balaban J connectivity index is 2.83. The van der Waals surface area contributed by atoms with Crippen LogP contribution in [0.3, 0.4) is 0 Å². The van der Waals surface area contributed by atoms with Crippen LogP contribution >= 0.6 is 15.9 Å². The van der Waals surface area contributed by atoms with Gasteiger partial charge >= 0.3 is 6.18 Å². The van der Waals surface area contributed by atoms with Crippen LogP contribution in [0, 0.1) is 6.92 Å². The molecule has 0 aliphatic rings. The van der Waals surface area contributed by atoms with E-state index in [1.165, 1.54) is 0 Å². The molecule has 0 spiro atoms. The van der Waals surface area contributed by atoms with E-state index in [0.29, 0.717) is 0 Å². The van der Waals surface area contributed by atoms with E-state index in [1.54, 1.807) is 7.05 Å². The van der Waals surface area contributed by atoms with Gasteiger partial charge in [-0.25, -0.2) is 0 Å². The number of hydrogen-bond acceptors (Lipinski definition) is 1. The monoisotopic (exact) mass is 309 g/mol. The van der Waals surface area contributed by atoms with Gasteiger partial charge in [-0.05, 0) is 37.6 Å². The highest BCUT2D eigenvalue weighted by atomic mass is 79.9. The maximum atomic E-state index is 12.2. The van der Waals surface area contributed by atoms with Gasteiger partial charge in [0.1, 0.15) is 0 Å². The fourth-order valence-corrected chi connectivity index (χ4v) is 2.15. The van der Waals surface area contributed by atoms with Gasteiger partial charge in [0.2, 0.25) is 0 Å². The van der Waals surface area contributed by atoms with Crippen molar-refractivity contribution in [2.75, 3.05) is 7.05 Å². The predicted octanol–water partition coefficient (Wildman–Crippen LogP) is 4.36. The zero-order chi connectivity index (χ0) is 13.1. The molecule has 0 bridgehead atoms. The lowest BCUT2D eigenvalue weighted by Gasteiger charge is -2.20. The summed E-state index contributed by atoms with van der Waals surface area (Å²) in [5, 5.41) is 2.94. The van der Waals surface area contributed by atoms with Crippen molar-refractivity contribution >= 4 is 15.9 Å². The van der Waals surface area contributed by atoms with E-state index in [9.17, 15) is 13.2 Å². The van der Waals surface area contributed by atoms with Crippen molar-refractivity contribution in [3.8, 4) is 0 Å². The summed E-state index contributed by atoms with van der Waals surface area (Å²) >= 11 is 3.38. The van der Waals surface area contributed by atoms with Crippen LogP contribution in [0.25, 0.3) is 0 Å². The van der Waals surface area contributed by atoms with Crippen LogP contribution in [0.2, 0.25) is 0 Å². The Morgan fingerprint density at radius 1 is 1.35 bits per heavy atom. The fraction of sp³-hybridized carbons (Fsp3) is 0.500. The fourth-order valence-electron chi connectivity index (χ4n) is 1.76. The zero-order valence-electron chi connectivity index (χ0n) is 9.74. The second kappa shape index (κ2) is 5.87. The Morgan fingerprint density at radius 3 is 2.53 bits per heavy atom. The lowest BCUT2D eigenvalue weighted by molar-refractivity contribution is -0.136. The molecule has 1 aromatic carbocycles. The van der Waals surface area contributed by atoms with Gasteiger partial charge in [0.05, 0.1) is 0 Å². The molecule has 0 radical (unpaired) electrons. The first-order chi connectivity index (χ1) is 7.85. The number of alkyl halides is 3. The van der Waals surface area contributed by atoms with Crippen molar-refractivity contribution in [3.63, 3.8) is 0 Å². The first-order valence-corrected chi connectivity index (χ1v) is 6.13. The van der Waals surface area contributed by atoms with Gasteiger partial charge in [-0.1, -0.05) is 28.1 Å². The molecule has 0 aliphatic carbocycles. The van der Waals surface area contributed by atoms with Crippen LogP contribution < -0.4 is 5.32 Å². The first-order valence-electron chi connectivity index (χ1n) is 5.34. The Kier molecular flexibility index (Phi) is 5.01. The highest BCUT2D eigenvalue weighted by Gasteiger charge is 2.28. The van der Waals surface area contributed by atoms with Crippen LogP contribution in [0.4, 0.5) is 13.2 Å². The molecule has 1 aromatic rings. The van der Waals surface area contributed by atoms with Crippen LogP contribution in [0.1, 0.15) is 30.0 Å². The third-order valence-electron chi connectivity index (χ3n) is 2.75.